The van der Waals surface area contributed by atoms with Gasteiger partial charge in [-0.3, -0.25) is 0 Å². The van der Waals surface area contributed by atoms with Crippen molar-refractivity contribution < 1.29 is 34.3 Å². The number of aliphatic hydroxyl groups is 3. The molecule has 0 bridgehead atoms. The van der Waals surface area contributed by atoms with E-state index in [9.17, 15) is 20.1 Å². The van der Waals surface area contributed by atoms with E-state index in [0.29, 0.717) is 18.4 Å². The highest BCUT2D eigenvalue weighted by atomic mass is 16.6. The normalized spacial score (nSPS) is 28.2. The van der Waals surface area contributed by atoms with Crippen molar-refractivity contribution in [2.24, 2.45) is 0 Å². The molecule has 2 fully saturated rings. The lowest BCUT2D eigenvalue weighted by Gasteiger charge is -2.24. The van der Waals surface area contributed by atoms with Crippen LogP contribution >= 0.6 is 0 Å². The van der Waals surface area contributed by atoms with E-state index in [1.54, 1.807) is 6.08 Å². The van der Waals surface area contributed by atoms with E-state index in [-0.39, 0.29) is 42.6 Å². The monoisotopic (exact) mass is 594 g/mol. The van der Waals surface area contributed by atoms with Gasteiger partial charge in [-0.15, -0.1) is 0 Å². The highest BCUT2D eigenvalue weighted by Gasteiger charge is 2.40. The van der Waals surface area contributed by atoms with Gasteiger partial charge in [0.1, 0.15) is 6.10 Å². The van der Waals surface area contributed by atoms with Crippen molar-refractivity contribution in [3.63, 3.8) is 0 Å². The van der Waals surface area contributed by atoms with Crippen LogP contribution < -0.4 is 0 Å². The van der Waals surface area contributed by atoms with E-state index in [0.717, 1.165) is 83.5 Å². The maximum absolute atomic E-state index is 11.7. The Kier molecular flexibility index (Phi) is 17.0. The van der Waals surface area contributed by atoms with Crippen LogP contribution in [-0.2, 0) is 19.0 Å². The molecule has 0 aromatic heterocycles. The number of aliphatic hydroxyl groups excluding tert-OH is 3. The first-order valence-corrected chi connectivity index (χ1v) is 17.6. The molecule has 0 saturated carbocycles. The number of carbonyl (C=O) groups excluding carboxylic acids is 1. The van der Waals surface area contributed by atoms with Crippen LogP contribution in [0.25, 0.3) is 0 Å². The topological polar surface area (TPSA) is 105 Å². The van der Waals surface area contributed by atoms with Gasteiger partial charge in [-0.05, 0) is 57.9 Å². The van der Waals surface area contributed by atoms with Crippen LogP contribution in [0.15, 0.2) is 11.6 Å². The summed E-state index contributed by atoms with van der Waals surface area (Å²) in [6, 6.07) is 0. The Morgan fingerprint density at radius 3 is 1.60 bits per heavy atom. The first-order chi connectivity index (χ1) is 20.4. The number of hydrogen-bond acceptors (Lipinski definition) is 7. The molecule has 3 aliphatic heterocycles. The second-order valence-electron chi connectivity index (χ2n) is 13.3. The molecule has 0 radical (unpaired) electrons. The van der Waals surface area contributed by atoms with Gasteiger partial charge in [0.05, 0.1) is 42.7 Å². The van der Waals surface area contributed by atoms with Gasteiger partial charge in [0, 0.05) is 12.0 Å². The lowest BCUT2D eigenvalue weighted by molar-refractivity contribution is -0.139. The average Bonchev–Trinajstić information content (AvgIpc) is 3.72. The van der Waals surface area contributed by atoms with Crippen LogP contribution in [0.3, 0.4) is 0 Å². The standard InChI is InChI=1S/C35H62O7/c1-3-4-5-6-7-8-12-15-18-29(37)31-20-22-33(41-31)34-23-21-32(42-34)30(38)19-16-13-10-9-11-14-17-28(36)25-27-24-26(2)40-35(27)39/h24,26,28-34,36-38H,3-23,25H2,1-2H3/t26-,28+,29-,30+,31+,32+,33+,34+/m1/s1. The summed E-state index contributed by atoms with van der Waals surface area (Å²) in [6.07, 6.45) is 23.2. The molecule has 7 heteroatoms. The first-order valence-electron chi connectivity index (χ1n) is 17.6. The minimum Gasteiger partial charge on any atom is -0.455 e. The van der Waals surface area contributed by atoms with E-state index in [4.69, 9.17) is 14.2 Å². The molecule has 3 N–H and O–H groups in total. The molecule has 0 aromatic carbocycles. The third kappa shape index (κ3) is 12.9. The highest BCUT2D eigenvalue weighted by Crippen LogP contribution is 2.34. The third-order valence-corrected chi connectivity index (χ3v) is 9.53. The summed E-state index contributed by atoms with van der Waals surface area (Å²) in [5, 5.41) is 31.6. The summed E-state index contributed by atoms with van der Waals surface area (Å²) >= 11 is 0. The number of hydrogen-bond donors (Lipinski definition) is 3. The minimum atomic E-state index is -0.482. The maximum Gasteiger partial charge on any atom is 0.334 e. The molecule has 0 amide bonds. The number of unbranched alkanes of at least 4 members (excludes halogenated alkanes) is 12. The van der Waals surface area contributed by atoms with Crippen LogP contribution in [-0.4, -0.2) is 70.1 Å². The fourth-order valence-electron chi connectivity index (χ4n) is 6.93. The van der Waals surface area contributed by atoms with Crippen molar-refractivity contribution >= 4 is 5.97 Å². The van der Waals surface area contributed by atoms with Crippen LogP contribution in [0.2, 0.25) is 0 Å². The zero-order chi connectivity index (χ0) is 30.2. The predicted molar refractivity (Wildman–Crippen MR) is 166 cm³/mol. The molecule has 0 spiro atoms. The Balaban J connectivity index is 1.16. The summed E-state index contributed by atoms with van der Waals surface area (Å²) in [4.78, 5) is 11.7. The summed E-state index contributed by atoms with van der Waals surface area (Å²) in [6.45, 7) is 4.08. The van der Waals surface area contributed by atoms with Gasteiger partial charge in [-0.2, -0.15) is 0 Å². The lowest BCUT2D eigenvalue weighted by Crippen LogP contribution is -2.33. The van der Waals surface area contributed by atoms with Crippen molar-refractivity contribution in [2.75, 3.05) is 0 Å². The van der Waals surface area contributed by atoms with Crippen molar-refractivity contribution in [1.29, 1.82) is 0 Å². The van der Waals surface area contributed by atoms with Gasteiger partial charge in [-0.1, -0.05) is 96.8 Å². The average molecular weight is 595 g/mol. The summed E-state index contributed by atoms with van der Waals surface area (Å²) < 4.78 is 17.6. The second-order valence-corrected chi connectivity index (χ2v) is 13.3. The molecule has 8 atom stereocenters. The molecule has 7 nitrogen and oxygen atoms in total. The molecular weight excluding hydrogens is 532 g/mol. The van der Waals surface area contributed by atoms with E-state index < -0.39 is 12.2 Å². The quantitative estimate of drug-likeness (QED) is 0.0858. The van der Waals surface area contributed by atoms with Crippen LogP contribution in [0.1, 0.15) is 155 Å². The predicted octanol–water partition coefficient (Wildman–Crippen LogP) is 7.08. The molecule has 3 rings (SSSR count). The first kappa shape index (κ1) is 35.5. The lowest BCUT2D eigenvalue weighted by atomic mass is 10.00. The van der Waals surface area contributed by atoms with E-state index in [1.807, 2.05) is 6.92 Å². The fourth-order valence-corrected chi connectivity index (χ4v) is 6.93. The Bertz CT molecular complexity index is 770. The van der Waals surface area contributed by atoms with Gasteiger partial charge in [0.25, 0.3) is 0 Å². The van der Waals surface area contributed by atoms with Gasteiger partial charge in [0.2, 0.25) is 0 Å². The SMILES string of the molecule is CCCCCCCCCC[C@@H](O)[C@@H]1CC[C@@H]([C@@H]2CC[C@@H]([C@@H](O)CCCCCCCC[C@H](O)CC3=C[C@@H](C)OC3=O)O2)O1. The Labute approximate surface area is 255 Å². The maximum atomic E-state index is 11.7. The number of ether oxygens (including phenoxy) is 3. The molecule has 42 heavy (non-hydrogen) atoms. The van der Waals surface area contributed by atoms with Gasteiger partial charge in [-0.25, -0.2) is 4.79 Å². The highest BCUT2D eigenvalue weighted by molar-refractivity contribution is 5.90. The van der Waals surface area contributed by atoms with Crippen molar-refractivity contribution in [1.82, 2.24) is 0 Å². The molecule has 3 heterocycles. The largest absolute Gasteiger partial charge is 0.455 e. The van der Waals surface area contributed by atoms with Gasteiger partial charge < -0.3 is 29.5 Å². The Morgan fingerprint density at radius 2 is 1.14 bits per heavy atom. The zero-order valence-electron chi connectivity index (χ0n) is 26.7. The second kappa shape index (κ2) is 20.1. The van der Waals surface area contributed by atoms with Crippen molar-refractivity contribution in [3.05, 3.63) is 11.6 Å². The van der Waals surface area contributed by atoms with Crippen LogP contribution in [0, 0.1) is 0 Å². The van der Waals surface area contributed by atoms with Crippen LogP contribution in [0.5, 0.6) is 0 Å². The van der Waals surface area contributed by atoms with Gasteiger partial charge in [0.15, 0.2) is 0 Å². The molecule has 2 saturated heterocycles. The van der Waals surface area contributed by atoms with E-state index in [2.05, 4.69) is 6.92 Å². The third-order valence-electron chi connectivity index (χ3n) is 9.53. The molecule has 244 valence electrons. The molecule has 0 unspecified atom stereocenters. The van der Waals surface area contributed by atoms with Crippen molar-refractivity contribution in [3.8, 4) is 0 Å². The zero-order valence-corrected chi connectivity index (χ0v) is 26.7. The van der Waals surface area contributed by atoms with E-state index >= 15 is 0 Å². The number of carbonyl (C=O) groups is 1. The Hall–Kier alpha value is -0.990. The smallest absolute Gasteiger partial charge is 0.334 e. The minimum absolute atomic E-state index is 0.0410. The summed E-state index contributed by atoms with van der Waals surface area (Å²) in [5.41, 5.74) is 0.606. The molecule has 3 aliphatic rings. The summed E-state index contributed by atoms with van der Waals surface area (Å²) in [7, 11) is 0. The number of cyclic esters (lactones) is 1. The Morgan fingerprint density at radius 1 is 0.690 bits per heavy atom. The molecular formula is C35H62O7. The molecule has 0 aliphatic carbocycles. The number of rotatable bonds is 23. The van der Waals surface area contributed by atoms with Crippen LogP contribution in [0.4, 0.5) is 0 Å². The van der Waals surface area contributed by atoms with Crippen molar-refractivity contribution in [2.45, 2.75) is 204 Å². The number of esters is 1. The fraction of sp³-hybridized carbons (Fsp3) is 0.914. The summed E-state index contributed by atoms with van der Waals surface area (Å²) in [5.74, 6) is -0.290. The van der Waals surface area contributed by atoms with Gasteiger partial charge >= 0.3 is 5.97 Å². The van der Waals surface area contributed by atoms with E-state index in [1.165, 1.54) is 44.9 Å². The molecule has 0 aromatic rings.